The van der Waals surface area contributed by atoms with E-state index in [-0.39, 0.29) is 17.1 Å². The second-order valence-electron chi connectivity index (χ2n) is 10.1. The van der Waals surface area contributed by atoms with Gasteiger partial charge in [0.05, 0.1) is 12.8 Å². The number of carbonyl (C=O) groups excluding carboxylic acids is 1. The molecule has 0 bridgehead atoms. The summed E-state index contributed by atoms with van der Waals surface area (Å²) < 4.78 is 27.6. The number of thiophene rings is 1. The van der Waals surface area contributed by atoms with E-state index < -0.39 is 0 Å². The minimum Gasteiger partial charge on any atom is -0.493 e. The fourth-order valence-electron chi connectivity index (χ4n) is 4.47. The SMILES string of the molecule is COc1cc2c(cc1Oc1cccc(F)c1)-c1c(-c3cccs3)cc(C(=O)NCC(C)(C)C)n1CC2. The Hall–Kier alpha value is -3.58. The van der Waals surface area contributed by atoms with Crippen molar-refractivity contribution in [2.45, 2.75) is 33.7 Å². The Bertz CT molecular complexity index is 1420. The van der Waals surface area contributed by atoms with Crippen LogP contribution in [0.3, 0.4) is 0 Å². The van der Waals surface area contributed by atoms with E-state index in [1.54, 1.807) is 30.6 Å². The molecule has 5 nitrogen and oxygen atoms in total. The van der Waals surface area contributed by atoms with Gasteiger partial charge in [0.15, 0.2) is 11.5 Å². The number of hydrogen-bond donors (Lipinski definition) is 1. The van der Waals surface area contributed by atoms with E-state index >= 15 is 0 Å². The van der Waals surface area contributed by atoms with Gasteiger partial charge in [0.2, 0.25) is 0 Å². The maximum Gasteiger partial charge on any atom is 0.267 e. The molecule has 0 aliphatic carbocycles. The molecule has 0 fully saturated rings. The molecule has 4 aromatic rings. The summed E-state index contributed by atoms with van der Waals surface area (Å²) in [6.45, 7) is 7.56. The number of methoxy groups -OCH3 is 1. The number of rotatable bonds is 6. The van der Waals surface area contributed by atoms with E-state index in [4.69, 9.17) is 9.47 Å². The number of benzene rings is 2. The first-order valence-electron chi connectivity index (χ1n) is 11.9. The summed E-state index contributed by atoms with van der Waals surface area (Å²) in [4.78, 5) is 14.4. The molecule has 1 amide bonds. The van der Waals surface area contributed by atoms with Crippen LogP contribution >= 0.6 is 11.3 Å². The van der Waals surface area contributed by atoms with E-state index in [1.807, 2.05) is 29.6 Å². The molecule has 1 aliphatic heterocycles. The number of amides is 1. The van der Waals surface area contributed by atoms with Gasteiger partial charge in [0.25, 0.3) is 5.91 Å². The molecule has 0 radical (unpaired) electrons. The maximum absolute atomic E-state index is 13.8. The zero-order chi connectivity index (χ0) is 25.4. The van der Waals surface area contributed by atoms with Crippen LogP contribution in [0.15, 0.2) is 60.0 Å². The van der Waals surface area contributed by atoms with Gasteiger partial charge >= 0.3 is 0 Å². The third-order valence-corrected chi connectivity index (χ3v) is 7.07. The highest BCUT2D eigenvalue weighted by molar-refractivity contribution is 7.13. The predicted molar refractivity (Wildman–Crippen MR) is 142 cm³/mol. The largest absolute Gasteiger partial charge is 0.493 e. The highest BCUT2D eigenvalue weighted by atomic mass is 32.1. The number of nitrogens with zero attached hydrogens (tertiary/aromatic N) is 1. The second kappa shape index (κ2) is 9.47. The van der Waals surface area contributed by atoms with E-state index in [2.05, 4.69) is 36.7 Å². The van der Waals surface area contributed by atoms with Gasteiger partial charge in [-0.25, -0.2) is 4.39 Å². The van der Waals surface area contributed by atoms with Crippen LogP contribution in [0.1, 0.15) is 36.8 Å². The molecule has 36 heavy (non-hydrogen) atoms. The minimum absolute atomic E-state index is 0.0180. The van der Waals surface area contributed by atoms with Crippen molar-refractivity contribution in [3.05, 3.63) is 77.1 Å². The predicted octanol–water partition coefficient (Wildman–Crippen LogP) is 7.16. The van der Waals surface area contributed by atoms with Crippen molar-refractivity contribution in [3.8, 4) is 38.9 Å². The van der Waals surface area contributed by atoms with Crippen LogP contribution in [-0.4, -0.2) is 24.1 Å². The quantitative estimate of drug-likeness (QED) is 0.303. The van der Waals surface area contributed by atoms with Gasteiger partial charge in [0, 0.05) is 35.2 Å². The first kappa shape index (κ1) is 24.1. The van der Waals surface area contributed by atoms with E-state index in [1.165, 1.54) is 12.1 Å². The van der Waals surface area contributed by atoms with Crippen LogP contribution in [0.4, 0.5) is 4.39 Å². The number of fused-ring (bicyclic) bond motifs is 3. The van der Waals surface area contributed by atoms with E-state index in [0.29, 0.717) is 36.0 Å². The lowest BCUT2D eigenvalue weighted by molar-refractivity contribution is 0.0930. The first-order valence-corrected chi connectivity index (χ1v) is 12.8. The van der Waals surface area contributed by atoms with Crippen LogP contribution in [0.5, 0.6) is 17.2 Å². The number of ether oxygens (including phenoxy) is 2. The Morgan fingerprint density at radius 3 is 2.61 bits per heavy atom. The highest BCUT2D eigenvalue weighted by Crippen LogP contribution is 2.46. The monoisotopic (exact) mass is 504 g/mol. The van der Waals surface area contributed by atoms with Gasteiger partial charge in [-0.15, -0.1) is 11.3 Å². The molecule has 0 saturated carbocycles. The van der Waals surface area contributed by atoms with Gasteiger partial charge in [-0.2, -0.15) is 0 Å². The van der Waals surface area contributed by atoms with Gasteiger partial charge in [-0.3, -0.25) is 4.79 Å². The van der Waals surface area contributed by atoms with Crippen molar-refractivity contribution in [1.29, 1.82) is 0 Å². The third-order valence-electron chi connectivity index (χ3n) is 6.17. The van der Waals surface area contributed by atoms with Crippen LogP contribution < -0.4 is 14.8 Å². The molecule has 0 atom stereocenters. The van der Waals surface area contributed by atoms with Crippen LogP contribution in [0.2, 0.25) is 0 Å². The van der Waals surface area contributed by atoms with E-state index in [9.17, 15) is 9.18 Å². The molecule has 0 unspecified atom stereocenters. The number of aromatic nitrogens is 1. The molecule has 2 aromatic carbocycles. The summed E-state index contributed by atoms with van der Waals surface area (Å²) in [5, 5.41) is 5.14. The summed E-state index contributed by atoms with van der Waals surface area (Å²) in [6, 6.07) is 16.0. The normalized spacial score (nSPS) is 12.6. The lowest BCUT2D eigenvalue weighted by Gasteiger charge is -2.24. The van der Waals surface area contributed by atoms with Crippen molar-refractivity contribution in [2.75, 3.05) is 13.7 Å². The fraction of sp³-hybridized carbons (Fsp3) is 0.276. The number of aryl methyl sites for hydroxylation is 1. The van der Waals surface area contributed by atoms with Gasteiger partial charge in [-0.05, 0) is 59.2 Å². The molecule has 186 valence electrons. The Balaban J connectivity index is 1.63. The molecule has 2 aromatic heterocycles. The molecule has 0 spiro atoms. The average Bonchev–Trinajstić information content (AvgIpc) is 3.50. The molecule has 1 N–H and O–H groups in total. The fourth-order valence-corrected chi connectivity index (χ4v) is 5.22. The smallest absolute Gasteiger partial charge is 0.267 e. The van der Waals surface area contributed by atoms with Crippen LogP contribution in [0.25, 0.3) is 21.7 Å². The second-order valence-corrected chi connectivity index (χ2v) is 11.1. The Kier molecular flexibility index (Phi) is 6.35. The summed E-state index contributed by atoms with van der Waals surface area (Å²) in [6.07, 6.45) is 0.747. The van der Waals surface area contributed by atoms with Gasteiger partial charge < -0.3 is 19.4 Å². The molecule has 3 heterocycles. The molecule has 7 heteroatoms. The Morgan fingerprint density at radius 2 is 1.92 bits per heavy atom. The standard InChI is InChI=1S/C29H29FN2O3S/c1-29(2,3)17-31-28(33)23-15-22(26-9-6-12-36-26)27-21-16-25(35-20-8-5-7-19(30)14-20)24(34-4)13-18(21)10-11-32(23)27/h5-9,12-16H,10-11,17H2,1-4H3,(H,31,33). The van der Waals surface area contributed by atoms with Gasteiger partial charge in [0.1, 0.15) is 17.3 Å². The van der Waals surface area contributed by atoms with Crippen LogP contribution in [-0.2, 0) is 13.0 Å². The zero-order valence-electron chi connectivity index (χ0n) is 20.9. The van der Waals surface area contributed by atoms with Crippen molar-refractivity contribution in [1.82, 2.24) is 9.88 Å². The molecular formula is C29H29FN2O3S. The maximum atomic E-state index is 13.8. The number of halogens is 1. The highest BCUT2D eigenvalue weighted by Gasteiger charge is 2.29. The van der Waals surface area contributed by atoms with Crippen molar-refractivity contribution >= 4 is 17.2 Å². The Morgan fingerprint density at radius 1 is 1.08 bits per heavy atom. The number of carbonyl (C=O) groups is 1. The van der Waals surface area contributed by atoms with Crippen molar-refractivity contribution < 1.29 is 18.7 Å². The summed E-state index contributed by atoms with van der Waals surface area (Å²) in [5.41, 5.74) is 4.71. The van der Waals surface area contributed by atoms with Crippen LogP contribution in [0, 0.1) is 11.2 Å². The lowest BCUT2D eigenvalue weighted by atomic mass is 9.95. The summed E-state index contributed by atoms with van der Waals surface area (Å²) in [5.74, 6) is 1.01. The average molecular weight is 505 g/mol. The lowest BCUT2D eigenvalue weighted by Crippen LogP contribution is -2.33. The number of nitrogens with one attached hydrogen (secondary N) is 1. The third kappa shape index (κ3) is 4.75. The molecule has 5 rings (SSSR count). The molecule has 1 aliphatic rings. The van der Waals surface area contributed by atoms with Gasteiger partial charge in [-0.1, -0.05) is 32.9 Å². The minimum atomic E-state index is -0.371. The number of hydrogen-bond acceptors (Lipinski definition) is 4. The zero-order valence-corrected chi connectivity index (χ0v) is 21.7. The van der Waals surface area contributed by atoms with Crippen molar-refractivity contribution in [3.63, 3.8) is 0 Å². The molecular weight excluding hydrogens is 475 g/mol. The first-order chi connectivity index (χ1) is 17.2. The topological polar surface area (TPSA) is 52.5 Å². The Labute approximate surface area is 214 Å². The summed E-state index contributed by atoms with van der Waals surface area (Å²) >= 11 is 1.64. The molecule has 0 saturated heterocycles. The van der Waals surface area contributed by atoms with Crippen molar-refractivity contribution in [2.24, 2.45) is 5.41 Å². The van der Waals surface area contributed by atoms with E-state index in [0.717, 1.165) is 33.7 Å². The summed E-state index contributed by atoms with van der Waals surface area (Å²) in [7, 11) is 1.60.